The van der Waals surface area contributed by atoms with Gasteiger partial charge in [0.1, 0.15) is 16.7 Å². The molecule has 0 saturated carbocycles. The predicted octanol–water partition coefficient (Wildman–Crippen LogP) is 3.49. The molecular weight excluding hydrogens is 261 g/mol. The van der Waals surface area contributed by atoms with Crippen molar-refractivity contribution in [2.45, 2.75) is 26.4 Å². The van der Waals surface area contributed by atoms with Crippen molar-refractivity contribution in [3.8, 4) is 0 Å². The molecule has 19 heavy (non-hydrogen) atoms. The summed E-state index contributed by atoms with van der Waals surface area (Å²) in [5, 5.41) is 9.20. The molecule has 0 aliphatic carbocycles. The summed E-state index contributed by atoms with van der Waals surface area (Å²) in [7, 11) is 0. The van der Waals surface area contributed by atoms with Crippen molar-refractivity contribution in [2.24, 2.45) is 0 Å². The van der Waals surface area contributed by atoms with Gasteiger partial charge >= 0.3 is 0 Å². The van der Waals surface area contributed by atoms with Crippen molar-refractivity contribution in [3.63, 3.8) is 0 Å². The van der Waals surface area contributed by atoms with Crippen molar-refractivity contribution in [1.29, 1.82) is 5.41 Å². The second-order valence-corrected chi connectivity index (χ2v) is 6.03. The van der Waals surface area contributed by atoms with E-state index in [4.69, 9.17) is 5.41 Å². The number of fused-ring (bicyclic) bond motifs is 1. The molecule has 0 bridgehead atoms. The lowest BCUT2D eigenvalue weighted by Gasteiger charge is -2.24. The van der Waals surface area contributed by atoms with Crippen LogP contribution in [0.25, 0.3) is 0 Å². The summed E-state index contributed by atoms with van der Waals surface area (Å²) in [6.45, 7) is 4.70. The predicted molar refractivity (Wildman–Crippen MR) is 74.0 cm³/mol. The molecule has 2 heterocycles. The number of aryl methyl sites for hydroxylation is 1. The lowest BCUT2D eigenvalue weighted by molar-refractivity contribution is 0.340. The molecule has 98 valence electrons. The monoisotopic (exact) mass is 275 g/mol. The van der Waals surface area contributed by atoms with Crippen LogP contribution in [0.2, 0.25) is 0 Å². The van der Waals surface area contributed by atoms with Crippen molar-refractivity contribution >= 4 is 17.2 Å². The molecule has 0 spiro atoms. The lowest BCUT2D eigenvalue weighted by Crippen LogP contribution is -2.27. The van der Waals surface area contributed by atoms with Crippen molar-refractivity contribution < 1.29 is 4.39 Å². The zero-order chi connectivity index (χ0) is 13.6. The van der Waals surface area contributed by atoms with Gasteiger partial charge in [-0.3, -0.25) is 5.41 Å². The highest BCUT2D eigenvalue weighted by Gasteiger charge is 2.30. The van der Waals surface area contributed by atoms with Gasteiger partial charge in [-0.05, 0) is 31.5 Å². The Kier molecular flexibility index (Phi) is 2.86. The standard InChI is InChI=1S/C14H14FN3S/c1-8-6-17-14(19-8)9(2)18-7-10-3-4-11(15)5-12(10)13(18)16/h3-6,9,16H,7H2,1-2H3. The maximum atomic E-state index is 13.3. The van der Waals surface area contributed by atoms with E-state index in [-0.39, 0.29) is 11.9 Å². The van der Waals surface area contributed by atoms with Crippen molar-refractivity contribution in [2.75, 3.05) is 0 Å². The summed E-state index contributed by atoms with van der Waals surface area (Å²) in [5.41, 5.74) is 1.70. The van der Waals surface area contributed by atoms with E-state index in [1.54, 1.807) is 17.4 Å². The Morgan fingerprint density at radius 1 is 1.47 bits per heavy atom. The Labute approximate surface area is 115 Å². The number of nitrogens with zero attached hydrogens (tertiary/aromatic N) is 2. The second kappa shape index (κ2) is 4.42. The first-order valence-electron chi connectivity index (χ1n) is 6.12. The van der Waals surface area contributed by atoms with Crippen LogP contribution in [-0.4, -0.2) is 15.7 Å². The van der Waals surface area contributed by atoms with Crippen LogP contribution in [0.3, 0.4) is 0 Å². The van der Waals surface area contributed by atoms with E-state index in [0.29, 0.717) is 17.9 Å². The number of halogens is 1. The summed E-state index contributed by atoms with van der Waals surface area (Å²) >= 11 is 1.64. The number of thiazole rings is 1. The summed E-state index contributed by atoms with van der Waals surface area (Å²) < 4.78 is 13.3. The maximum Gasteiger partial charge on any atom is 0.129 e. The third-order valence-electron chi connectivity index (χ3n) is 3.42. The van der Waals surface area contributed by atoms with E-state index in [9.17, 15) is 4.39 Å². The van der Waals surface area contributed by atoms with Gasteiger partial charge in [-0.15, -0.1) is 11.3 Å². The SMILES string of the molecule is Cc1cnc(C(C)N2Cc3ccc(F)cc3C2=N)s1. The Balaban J connectivity index is 1.91. The summed E-state index contributed by atoms with van der Waals surface area (Å²) in [6, 6.07) is 4.70. The van der Waals surface area contributed by atoms with Crippen LogP contribution in [0.4, 0.5) is 4.39 Å². The van der Waals surface area contributed by atoms with E-state index in [1.807, 2.05) is 24.9 Å². The Hall–Kier alpha value is -1.75. The van der Waals surface area contributed by atoms with E-state index in [2.05, 4.69) is 4.98 Å². The smallest absolute Gasteiger partial charge is 0.129 e. The minimum Gasteiger partial charge on any atom is -0.343 e. The van der Waals surface area contributed by atoms with Crippen LogP contribution in [0.1, 0.15) is 34.0 Å². The number of aromatic nitrogens is 1. The molecule has 3 nitrogen and oxygen atoms in total. The molecular formula is C14H14FN3S. The summed E-state index contributed by atoms with van der Waals surface area (Å²) in [4.78, 5) is 7.50. The van der Waals surface area contributed by atoms with E-state index < -0.39 is 0 Å². The zero-order valence-electron chi connectivity index (χ0n) is 10.8. The fourth-order valence-corrected chi connectivity index (χ4v) is 3.19. The molecule has 1 aromatic carbocycles. The minimum atomic E-state index is -0.289. The first-order valence-corrected chi connectivity index (χ1v) is 6.94. The van der Waals surface area contributed by atoms with Crippen LogP contribution >= 0.6 is 11.3 Å². The summed E-state index contributed by atoms with van der Waals surface area (Å²) in [6.07, 6.45) is 1.85. The van der Waals surface area contributed by atoms with Crippen LogP contribution in [0.5, 0.6) is 0 Å². The quantitative estimate of drug-likeness (QED) is 0.911. The average Bonchev–Trinajstić information content (AvgIpc) is 2.94. The molecule has 1 unspecified atom stereocenters. The molecule has 1 atom stereocenters. The molecule has 1 aromatic heterocycles. The van der Waals surface area contributed by atoms with Crippen molar-refractivity contribution in [3.05, 3.63) is 51.2 Å². The van der Waals surface area contributed by atoms with E-state index in [0.717, 1.165) is 15.4 Å². The molecule has 3 rings (SSSR count). The third-order valence-corrected chi connectivity index (χ3v) is 4.50. The lowest BCUT2D eigenvalue weighted by atomic mass is 10.1. The molecule has 5 heteroatoms. The number of amidine groups is 1. The molecule has 0 saturated heterocycles. The van der Waals surface area contributed by atoms with Gasteiger partial charge in [0.2, 0.25) is 0 Å². The zero-order valence-corrected chi connectivity index (χ0v) is 11.6. The van der Waals surface area contributed by atoms with Gasteiger partial charge < -0.3 is 4.90 Å². The van der Waals surface area contributed by atoms with Gasteiger partial charge in [-0.1, -0.05) is 6.07 Å². The van der Waals surface area contributed by atoms with Gasteiger partial charge in [0.25, 0.3) is 0 Å². The minimum absolute atomic E-state index is 0.0432. The maximum absolute atomic E-state index is 13.3. The number of hydrogen-bond acceptors (Lipinski definition) is 3. The van der Waals surface area contributed by atoms with Gasteiger partial charge in [0.15, 0.2) is 0 Å². The number of hydrogen-bond donors (Lipinski definition) is 1. The topological polar surface area (TPSA) is 40.0 Å². The second-order valence-electron chi connectivity index (χ2n) is 4.76. The summed E-state index contributed by atoms with van der Waals surface area (Å²) in [5.74, 6) is 0.0953. The highest BCUT2D eigenvalue weighted by atomic mass is 32.1. The number of nitrogens with one attached hydrogen (secondary N) is 1. The van der Waals surface area contributed by atoms with Gasteiger partial charge in [0, 0.05) is 23.2 Å². The molecule has 1 N–H and O–H groups in total. The molecule has 0 amide bonds. The van der Waals surface area contributed by atoms with Crippen molar-refractivity contribution in [1.82, 2.24) is 9.88 Å². The third kappa shape index (κ3) is 2.04. The first-order chi connectivity index (χ1) is 9.06. The van der Waals surface area contributed by atoms with E-state index in [1.165, 1.54) is 12.1 Å². The number of rotatable bonds is 2. The van der Waals surface area contributed by atoms with Crippen LogP contribution in [0.15, 0.2) is 24.4 Å². The highest BCUT2D eigenvalue weighted by molar-refractivity contribution is 7.11. The normalized spacial score (nSPS) is 15.7. The molecule has 0 radical (unpaired) electrons. The van der Waals surface area contributed by atoms with Crippen LogP contribution in [-0.2, 0) is 6.54 Å². The number of benzene rings is 1. The highest BCUT2D eigenvalue weighted by Crippen LogP contribution is 2.32. The van der Waals surface area contributed by atoms with Crippen LogP contribution in [0, 0.1) is 18.2 Å². The fourth-order valence-electron chi connectivity index (χ4n) is 2.35. The van der Waals surface area contributed by atoms with E-state index >= 15 is 0 Å². The molecule has 0 fully saturated rings. The fraction of sp³-hybridized carbons (Fsp3) is 0.286. The van der Waals surface area contributed by atoms with Gasteiger partial charge in [-0.2, -0.15) is 0 Å². The Morgan fingerprint density at radius 2 is 2.26 bits per heavy atom. The largest absolute Gasteiger partial charge is 0.343 e. The molecule has 1 aliphatic heterocycles. The molecule has 1 aliphatic rings. The van der Waals surface area contributed by atoms with Gasteiger partial charge in [-0.25, -0.2) is 9.37 Å². The Bertz CT molecular complexity index is 650. The van der Waals surface area contributed by atoms with Gasteiger partial charge in [0.05, 0.1) is 6.04 Å². The Morgan fingerprint density at radius 3 is 2.95 bits per heavy atom. The first kappa shape index (κ1) is 12.3. The molecule has 2 aromatic rings. The van der Waals surface area contributed by atoms with Crippen LogP contribution < -0.4 is 0 Å². The average molecular weight is 275 g/mol.